The van der Waals surface area contributed by atoms with Crippen LogP contribution in [-0.2, 0) is 20.8 Å². The molecule has 0 bridgehead atoms. The molecular weight excluding hydrogens is 602 g/mol. The average Bonchev–Trinajstić information content (AvgIpc) is 3.60. The number of para-hydroxylation sites is 3. The van der Waals surface area contributed by atoms with Gasteiger partial charge in [-0.15, -0.1) is 0 Å². The van der Waals surface area contributed by atoms with E-state index in [1.165, 1.54) is 0 Å². The van der Waals surface area contributed by atoms with Crippen molar-refractivity contribution in [1.29, 1.82) is 0 Å². The quantitative estimate of drug-likeness (QED) is 0.111. The molecule has 0 N–H and O–H groups in total. The molecule has 0 aliphatic carbocycles. The highest BCUT2D eigenvalue weighted by molar-refractivity contribution is 9.09. The number of hydrogen-bond acceptors (Lipinski definition) is 3. The maximum absolute atomic E-state index is 14.0. The van der Waals surface area contributed by atoms with Crippen molar-refractivity contribution in [2.75, 3.05) is 39.7 Å². The molecule has 0 saturated heterocycles. The van der Waals surface area contributed by atoms with Gasteiger partial charge in [0.15, 0.2) is 0 Å². The van der Waals surface area contributed by atoms with Crippen molar-refractivity contribution in [3.8, 4) is 0 Å². The molecule has 3 heterocycles. The van der Waals surface area contributed by atoms with Crippen LogP contribution in [0.25, 0.3) is 11.1 Å². The Morgan fingerprint density at radius 1 is 0.512 bits per heavy atom. The maximum atomic E-state index is 14.0. The SMILES string of the molecule is O=C1Cc2ccccc2N1CCCCCCN1C(=O)/C(=C2/C(=O)N(CCCCCCBr)c3ccccc32)c2ccccc21. The van der Waals surface area contributed by atoms with Gasteiger partial charge in [-0.2, -0.15) is 0 Å². The molecule has 7 heteroatoms. The predicted octanol–water partition coefficient (Wildman–Crippen LogP) is 7.40. The molecule has 222 valence electrons. The van der Waals surface area contributed by atoms with Crippen molar-refractivity contribution < 1.29 is 14.4 Å². The molecule has 3 aromatic carbocycles. The molecule has 0 spiro atoms. The maximum Gasteiger partial charge on any atom is 0.259 e. The Morgan fingerprint density at radius 3 is 1.49 bits per heavy atom. The second-order valence-electron chi connectivity index (χ2n) is 11.6. The molecule has 3 aromatic rings. The van der Waals surface area contributed by atoms with E-state index in [-0.39, 0.29) is 17.7 Å². The molecule has 6 nitrogen and oxygen atoms in total. The van der Waals surface area contributed by atoms with Crippen LogP contribution in [0.3, 0.4) is 0 Å². The first kappa shape index (κ1) is 29.4. The third-order valence-corrected chi connectivity index (χ3v) is 9.36. The average molecular weight is 641 g/mol. The van der Waals surface area contributed by atoms with Gasteiger partial charge in [0.05, 0.1) is 28.9 Å². The number of anilines is 3. The van der Waals surface area contributed by atoms with Crippen LogP contribution in [0.4, 0.5) is 17.1 Å². The minimum atomic E-state index is -0.0854. The Hall–Kier alpha value is -3.71. The lowest BCUT2D eigenvalue weighted by atomic mass is 9.96. The van der Waals surface area contributed by atoms with Gasteiger partial charge in [0, 0.05) is 41.8 Å². The van der Waals surface area contributed by atoms with Gasteiger partial charge in [-0.05, 0) is 49.4 Å². The zero-order chi connectivity index (χ0) is 29.8. The van der Waals surface area contributed by atoms with E-state index in [1.54, 1.807) is 0 Å². The van der Waals surface area contributed by atoms with E-state index in [0.717, 1.165) is 97.0 Å². The summed E-state index contributed by atoms with van der Waals surface area (Å²) >= 11 is 3.49. The third-order valence-electron chi connectivity index (χ3n) is 8.80. The number of benzene rings is 3. The molecule has 0 unspecified atom stereocenters. The van der Waals surface area contributed by atoms with Crippen LogP contribution in [-0.4, -0.2) is 42.7 Å². The van der Waals surface area contributed by atoms with E-state index in [0.29, 0.717) is 30.7 Å². The normalized spacial score (nSPS) is 17.2. The summed E-state index contributed by atoms with van der Waals surface area (Å²) in [6, 6.07) is 23.8. The van der Waals surface area contributed by atoms with E-state index in [1.807, 2.05) is 87.5 Å². The highest BCUT2D eigenvalue weighted by Crippen LogP contribution is 2.46. The fraction of sp³-hybridized carbons (Fsp3) is 0.361. The van der Waals surface area contributed by atoms with E-state index < -0.39 is 0 Å². The Morgan fingerprint density at radius 2 is 0.953 bits per heavy atom. The summed E-state index contributed by atoms with van der Waals surface area (Å²) in [5, 5.41) is 1.00. The van der Waals surface area contributed by atoms with Crippen LogP contribution in [0.2, 0.25) is 0 Å². The fourth-order valence-corrected chi connectivity index (χ4v) is 7.06. The molecule has 3 aliphatic heterocycles. The number of fused-ring (bicyclic) bond motifs is 3. The summed E-state index contributed by atoms with van der Waals surface area (Å²) in [6.45, 7) is 1.99. The number of halogens is 1. The van der Waals surface area contributed by atoms with Crippen LogP contribution >= 0.6 is 15.9 Å². The monoisotopic (exact) mass is 639 g/mol. The van der Waals surface area contributed by atoms with E-state index in [4.69, 9.17) is 0 Å². The topological polar surface area (TPSA) is 60.9 Å². The number of alkyl halides is 1. The number of amides is 3. The summed E-state index contributed by atoms with van der Waals surface area (Å²) in [5.41, 5.74) is 6.70. The van der Waals surface area contributed by atoms with Crippen LogP contribution in [0.5, 0.6) is 0 Å². The molecule has 0 fully saturated rings. The van der Waals surface area contributed by atoms with E-state index >= 15 is 0 Å². The molecule has 0 aromatic heterocycles. The second kappa shape index (κ2) is 13.3. The minimum Gasteiger partial charge on any atom is -0.312 e. The van der Waals surface area contributed by atoms with Crippen molar-refractivity contribution in [2.45, 2.75) is 57.8 Å². The van der Waals surface area contributed by atoms with Gasteiger partial charge in [0.1, 0.15) is 0 Å². The van der Waals surface area contributed by atoms with E-state index in [2.05, 4.69) is 15.9 Å². The Bertz CT molecular complexity index is 1560. The lowest BCUT2D eigenvalue weighted by Crippen LogP contribution is -2.30. The molecule has 3 amide bonds. The van der Waals surface area contributed by atoms with Gasteiger partial charge in [-0.1, -0.05) is 96.2 Å². The molecule has 43 heavy (non-hydrogen) atoms. The van der Waals surface area contributed by atoms with Crippen LogP contribution in [0.1, 0.15) is 68.1 Å². The van der Waals surface area contributed by atoms with Gasteiger partial charge in [-0.25, -0.2) is 0 Å². The highest BCUT2D eigenvalue weighted by atomic mass is 79.9. The van der Waals surface area contributed by atoms with Crippen molar-refractivity contribution in [1.82, 2.24) is 0 Å². The molecule has 6 rings (SSSR count). The summed E-state index contributed by atoms with van der Waals surface area (Å²) in [7, 11) is 0. The molecular formula is C36H38BrN3O3. The standard InChI is InChI=1S/C36H38BrN3O3/c37-21-11-1-2-13-23-39-30-19-9-6-16-27(30)33(35(39)42)34-28-17-7-10-20-31(28)40(36(34)43)24-14-4-3-12-22-38-29-18-8-5-15-26(29)25-32(38)41/h5-10,15-20H,1-4,11-14,21-25H2/b34-33+. The van der Waals surface area contributed by atoms with E-state index in [9.17, 15) is 14.4 Å². The summed E-state index contributed by atoms with van der Waals surface area (Å²) < 4.78 is 0. The highest BCUT2D eigenvalue weighted by Gasteiger charge is 2.41. The van der Waals surface area contributed by atoms with Gasteiger partial charge in [0.2, 0.25) is 5.91 Å². The molecule has 0 atom stereocenters. The van der Waals surface area contributed by atoms with Gasteiger partial charge < -0.3 is 14.7 Å². The van der Waals surface area contributed by atoms with Crippen LogP contribution < -0.4 is 14.7 Å². The Balaban J connectivity index is 1.13. The lowest BCUT2D eigenvalue weighted by Gasteiger charge is -2.18. The van der Waals surface area contributed by atoms with Crippen LogP contribution in [0, 0.1) is 0 Å². The first-order valence-electron chi connectivity index (χ1n) is 15.6. The van der Waals surface area contributed by atoms with Crippen molar-refractivity contribution >= 4 is 61.9 Å². The zero-order valence-corrected chi connectivity index (χ0v) is 26.2. The molecule has 3 aliphatic rings. The second-order valence-corrected chi connectivity index (χ2v) is 12.4. The van der Waals surface area contributed by atoms with Gasteiger partial charge >= 0.3 is 0 Å². The number of carbonyl (C=O) groups is 3. The minimum absolute atomic E-state index is 0.0697. The van der Waals surface area contributed by atoms with Crippen molar-refractivity contribution in [2.24, 2.45) is 0 Å². The lowest BCUT2D eigenvalue weighted by molar-refractivity contribution is -0.117. The molecule has 0 saturated carbocycles. The number of nitrogens with zero attached hydrogens (tertiary/aromatic N) is 3. The molecule has 0 radical (unpaired) electrons. The number of carbonyl (C=O) groups excluding carboxylic acids is 3. The Kier molecular flexibility index (Phi) is 9.08. The first-order valence-corrected chi connectivity index (χ1v) is 16.7. The summed E-state index contributed by atoms with van der Waals surface area (Å²) in [6.07, 6.45) is 8.50. The fourth-order valence-electron chi connectivity index (χ4n) is 6.66. The van der Waals surface area contributed by atoms with Crippen molar-refractivity contribution in [3.63, 3.8) is 0 Å². The van der Waals surface area contributed by atoms with Gasteiger partial charge in [-0.3, -0.25) is 14.4 Å². The third kappa shape index (κ3) is 5.79. The number of unbranched alkanes of at least 4 members (excludes halogenated alkanes) is 6. The smallest absolute Gasteiger partial charge is 0.259 e. The number of hydrogen-bond donors (Lipinski definition) is 0. The van der Waals surface area contributed by atoms with Gasteiger partial charge in [0.25, 0.3) is 11.8 Å². The predicted molar refractivity (Wildman–Crippen MR) is 178 cm³/mol. The zero-order valence-electron chi connectivity index (χ0n) is 24.6. The summed E-state index contributed by atoms with van der Waals surface area (Å²) in [4.78, 5) is 46.1. The number of rotatable bonds is 13. The van der Waals surface area contributed by atoms with Crippen LogP contribution in [0.15, 0.2) is 72.8 Å². The summed E-state index contributed by atoms with van der Waals surface area (Å²) in [5.74, 6) is 0.0230. The first-order chi connectivity index (χ1) is 21.1. The largest absolute Gasteiger partial charge is 0.312 e. The Labute approximate surface area is 262 Å². The van der Waals surface area contributed by atoms with Crippen molar-refractivity contribution in [3.05, 3.63) is 89.5 Å².